The first kappa shape index (κ1) is 15.9. The zero-order valence-electron chi connectivity index (χ0n) is 13.3. The van der Waals surface area contributed by atoms with Gasteiger partial charge in [0.05, 0.1) is 0 Å². The lowest BCUT2D eigenvalue weighted by Gasteiger charge is -2.08. The van der Waals surface area contributed by atoms with Gasteiger partial charge in [-0.15, -0.1) is 0 Å². The summed E-state index contributed by atoms with van der Waals surface area (Å²) in [5, 5.41) is 2.94. The van der Waals surface area contributed by atoms with Crippen molar-refractivity contribution in [3.63, 3.8) is 0 Å². The lowest BCUT2D eigenvalue weighted by atomic mass is 10.1. The minimum atomic E-state index is 0.0523. The van der Waals surface area contributed by atoms with Crippen LogP contribution in [0.2, 0.25) is 0 Å². The van der Waals surface area contributed by atoms with Gasteiger partial charge >= 0.3 is 0 Å². The number of amides is 1. The maximum atomic E-state index is 11.9. The molecule has 0 aliphatic carbocycles. The fourth-order valence-electron chi connectivity index (χ4n) is 2.42. The number of nitrogens with one attached hydrogen (secondary N) is 1. The number of hydrogen-bond donors (Lipinski definition) is 1. The molecular formula is C18H19N5O. The number of imidazole rings is 1. The second-order valence-electron chi connectivity index (χ2n) is 5.35. The van der Waals surface area contributed by atoms with Crippen LogP contribution >= 0.6 is 0 Å². The smallest absolute Gasteiger partial charge is 0.220 e. The minimum Gasteiger partial charge on any atom is -0.354 e. The first-order chi connectivity index (χ1) is 11.8. The number of rotatable bonds is 7. The maximum Gasteiger partial charge on any atom is 0.220 e. The molecule has 122 valence electrons. The SMILES string of the molecule is O=C(CCc1ccccc1)NCCn1ccnc1-c1ncccn1. The van der Waals surface area contributed by atoms with E-state index in [1.54, 1.807) is 24.7 Å². The number of benzene rings is 1. The number of carbonyl (C=O) groups is 1. The van der Waals surface area contributed by atoms with Crippen molar-refractivity contribution in [1.82, 2.24) is 24.8 Å². The molecule has 0 unspecified atom stereocenters. The van der Waals surface area contributed by atoms with Crippen LogP contribution in [0.25, 0.3) is 11.6 Å². The Morgan fingerprint density at radius 1 is 1.00 bits per heavy atom. The van der Waals surface area contributed by atoms with E-state index in [9.17, 15) is 4.79 Å². The molecule has 0 spiro atoms. The van der Waals surface area contributed by atoms with E-state index < -0.39 is 0 Å². The largest absolute Gasteiger partial charge is 0.354 e. The molecule has 6 heteroatoms. The molecule has 0 radical (unpaired) electrons. The molecule has 1 N–H and O–H groups in total. The van der Waals surface area contributed by atoms with E-state index >= 15 is 0 Å². The normalized spacial score (nSPS) is 10.5. The van der Waals surface area contributed by atoms with Crippen LogP contribution in [-0.2, 0) is 17.8 Å². The summed E-state index contributed by atoms with van der Waals surface area (Å²) in [7, 11) is 0. The Balaban J connectivity index is 1.47. The van der Waals surface area contributed by atoms with E-state index in [-0.39, 0.29) is 5.91 Å². The molecule has 2 heterocycles. The summed E-state index contributed by atoms with van der Waals surface area (Å²) in [6, 6.07) is 11.8. The monoisotopic (exact) mass is 321 g/mol. The summed E-state index contributed by atoms with van der Waals surface area (Å²) in [5.41, 5.74) is 1.17. The lowest BCUT2D eigenvalue weighted by Crippen LogP contribution is -2.27. The van der Waals surface area contributed by atoms with Crippen LogP contribution in [0.15, 0.2) is 61.2 Å². The quantitative estimate of drug-likeness (QED) is 0.723. The van der Waals surface area contributed by atoms with Gasteiger partial charge in [-0.1, -0.05) is 30.3 Å². The highest BCUT2D eigenvalue weighted by Crippen LogP contribution is 2.10. The van der Waals surface area contributed by atoms with Crippen molar-refractivity contribution in [2.45, 2.75) is 19.4 Å². The molecular weight excluding hydrogens is 302 g/mol. The third-order valence-corrected chi connectivity index (χ3v) is 3.64. The summed E-state index contributed by atoms with van der Waals surface area (Å²) in [6.07, 6.45) is 8.19. The molecule has 3 aromatic rings. The third kappa shape index (κ3) is 4.25. The summed E-state index contributed by atoms with van der Waals surface area (Å²) >= 11 is 0. The fourth-order valence-corrected chi connectivity index (χ4v) is 2.42. The van der Waals surface area contributed by atoms with Gasteiger partial charge in [0.15, 0.2) is 11.6 Å². The predicted octanol–water partition coefficient (Wildman–Crippen LogP) is 2.09. The first-order valence-corrected chi connectivity index (χ1v) is 7.92. The molecule has 0 fully saturated rings. The average molecular weight is 321 g/mol. The van der Waals surface area contributed by atoms with E-state index in [0.717, 1.165) is 6.42 Å². The Hall–Kier alpha value is -3.02. The molecule has 3 rings (SSSR count). The molecule has 0 atom stereocenters. The van der Waals surface area contributed by atoms with Gasteiger partial charge in [-0.3, -0.25) is 4.79 Å². The van der Waals surface area contributed by atoms with Crippen molar-refractivity contribution >= 4 is 5.91 Å². The van der Waals surface area contributed by atoms with Crippen LogP contribution in [0.4, 0.5) is 0 Å². The van der Waals surface area contributed by atoms with Crippen LogP contribution in [0.5, 0.6) is 0 Å². The van der Waals surface area contributed by atoms with Gasteiger partial charge in [-0.25, -0.2) is 15.0 Å². The second kappa shape index (κ2) is 8.01. The lowest BCUT2D eigenvalue weighted by molar-refractivity contribution is -0.121. The molecule has 1 aromatic carbocycles. The highest BCUT2D eigenvalue weighted by Gasteiger charge is 2.08. The van der Waals surface area contributed by atoms with E-state index in [4.69, 9.17) is 0 Å². The maximum absolute atomic E-state index is 11.9. The molecule has 0 saturated heterocycles. The Bertz CT molecular complexity index is 770. The second-order valence-corrected chi connectivity index (χ2v) is 5.35. The molecule has 1 amide bonds. The van der Waals surface area contributed by atoms with Crippen molar-refractivity contribution in [2.24, 2.45) is 0 Å². The summed E-state index contributed by atoms with van der Waals surface area (Å²) in [5.74, 6) is 1.34. The Morgan fingerprint density at radius 2 is 1.79 bits per heavy atom. The summed E-state index contributed by atoms with van der Waals surface area (Å²) in [6.45, 7) is 1.18. The van der Waals surface area contributed by atoms with Crippen molar-refractivity contribution in [1.29, 1.82) is 0 Å². The van der Waals surface area contributed by atoms with E-state index in [0.29, 0.717) is 31.2 Å². The minimum absolute atomic E-state index is 0.0523. The van der Waals surface area contributed by atoms with Crippen molar-refractivity contribution in [3.05, 3.63) is 66.7 Å². The number of nitrogens with zero attached hydrogens (tertiary/aromatic N) is 4. The zero-order chi connectivity index (χ0) is 16.6. The number of hydrogen-bond acceptors (Lipinski definition) is 4. The van der Waals surface area contributed by atoms with Gasteiger partial charge < -0.3 is 9.88 Å². The molecule has 6 nitrogen and oxygen atoms in total. The van der Waals surface area contributed by atoms with Crippen molar-refractivity contribution in [2.75, 3.05) is 6.54 Å². The van der Waals surface area contributed by atoms with E-state index in [2.05, 4.69) is 20.3 Å². The number of aryl methyl sites for hydroxylation is 1. The first-order valence-electron chi connectivity index (χ1n) is 7.92. The van der Waals surface area contributed by atoms with E-state index in [1.807, 2.05) is 41.1 Å². The Morgan fingerprint density at radius 3 is 2.58 bits per heavy atom. The van der Waals surface area contributed by atoms with Gasteiger partial charge in [0.25, 0.3) is 0 Å². The predicted molar refractivity (Wildman–Crippen MR) is 91.0 cm³/mol. The van der Waals surface area contributed by atoms with Gasteiger partial charge in [0.1, 0.15) is 0 Å². The van der Waals surface area contributed by atoms with Gasteiger partial charge in [-0.2, -0.15) is 0 Å². The third-order valence-electron chi connectivity index (χ3n) is 3.64. The Kier molecular flexibility index (Phi) is 5.29. The summed E-state index contributed by atoms with van der Waals surface area (Å²) < 4.78 is 1.94. The summed E-state index contributed by atoms with van der Waals surface area (Å²) in [4.78, 5) is 24.6. The Labute approximate surface area is 140 Å². The van der Waals surface area contributed by atoms with Gasteiger partial charge in [0, 0.05) is 44.3 Å². The van der Waals surface area contributed by atoms with E-state index in [1.165, 1.54) is 5.56 Å². The average Bonchev–Trinajstić information content (AvgIpc) is 3.10. The molecule has 0 saturated carbocycles. The molecule has 0 bridgehead atoms. The number of carbonyl (C=O) groups excluding carboxylic acids is 1. The zero-order valence-corrected chi connectivity index (χ0v) is 13.3. The highest BCUT2D eigenvalue weighted by atomic mass is 16.1. The topological polar surface area (TPSA) is 72.7 Å². The fraction of sp³-hybridized carbons (Fsp3) is 0.222. The van der Waals surface area contributed by atoms with Crippen LogP contribution in [-0.4, -0.2) is 32.0 Å². The molecule has 0 aliphatic heterocycles. The molecule has 2 aromatic heterocycles. The van der Waals surface area contributed by atoms with Crippen molar-refractivity contribution in [3.8, 4) is 11.6 Å². The molecule has 24 heavy (non-hydrogen) atoms. The highest BCUT2D eigenvalue weighted by molar-refractivity contribution is 5.76. The van der Waals surface area contributed by atoms with Crippen LogP contribution in [0.1, 0.15) is 12.0 Å². The van der Waals surface area contributed by atoms with Crippen LogP contribution in [0.3, 0.4) is 0 Å². The van der Waals surface area contributed by atoms with Crippen molar-refractivity contribution < 1.29 is 4.79 Å². The number of aromatic nitrogens is 4. The van der Waals surface area contributed by atoms with Crippen LogP contribution < -0.4 is 5.32 Å². The van der Waals surface area contributed by atoms with Crippen LogP contribution in [0, 0.1) is 0 Å². The standard InChI is InChI=1S/C18H19N5O/c24-16(8-7-15-5-2-1-3-6-15)19-11-13-23-14-12-22-18(23)17-20-9-4-10-21-17/h1-6,9-10,12,14H,7-8,11,13H2,(H,19,24). The van der Waals surface area contributed by atoms with Gasteiger partial charge in [-0.05, 0) is 18.1 Å². The van der Waals surface area contributed by atoms with Gasteiger partial charge in [0.2, 0.25) is 5.91 Å². The molecule has 0 aliphatic rings.